The number of hydrogen-bond acceptors (Lipinski definition) is 3. The molecule has 0 saturated carbocycles. The number of nitrogens with one attached hydrogen (secondary N) is 1. The zero-order valence-electron chi connectivity index (χ0n) is 14.7. The molecule has 2 fully saturated rings. The molecule has 2 aliphatic rings. The van der Waals surface area contributed by atoms with E-state index in [2.05, 4.69) is 5.32 Å². The largest absolute Gasteiger partial charge is 0.416 e. The Bertz CT molecular complexity index is 902. The van der Waals surface area contributed by atoms with E-state index in [1.165, 1.54) is 12.1 Å². The van der Waals surface area contributed by atoms with Gasteiger partial charge in [-0.2, -0.15) is 13.2 Å². The second-order valence-electron chi connectivity index (χ2n) is 6.81. The van der Waals surface area contributed by atoms with Crippen LogP contribution in [0.1, 0.15) is 24.0 Å². The highest BCUT2D eigenvalue weighted by molar-refractivity contribution is 8.00. The van der Waals surface area contributed by atoms with Crippen molar-refractivity contribution < 1.29 is 22.8 Å². The topological polar surface area (TPSA) is 49.4 Å². The predicted octanol–water partition coefficient (Wildman–Crippen LogP) is 4.23. The first kappa shape index (κ1) is 18.9. The quantitative estimate of drug-likeness (QED) is 0.830. The maximum atomic E-state index is 12.8. The lowest BCUT2D eigenvalue weighted by atomic mass is 10.0. The number of alkyl halides is 3. The van der Waals surface area contributed by atoms with E-state index in [0.717, 1.165) is 17.7 Å². The summed E-state index contributed by atoms with van der Waals surface area (Å²) in [6, 6.07) is 13.2. The second-order valence-corrected chi connectivity index (χ2v) is 8.10. The molecule has 2 atom stereocenters. The first-order valence-corrected chi connectivity index (χ1v) is 9.80. The van der Waals surface area contributed by atoms with Gasteiger partial charge in [-0.1, -0.05) is 30.3 Å². The Hall–Kier alpha value is -2.48. The lowest BCUT2D eigenvalue weighted by Gasteiger charge is -2.34. The number of benzene rings is 2. The van der Waals surface area contributed by atoms with Gasteiger partial charge in [0.05, 0.1) is 5.56 Å². The number of rotatable bonds is 3. The smallest absolute Gasteiger partial charge is 0.324 e. The van der Waals surface area contributed by atoms with Crippen LogP contribution in [0.4, 0.5) is 18.9 Å². The summed E-state index contributed by atoms with van der Waals surface area (Å²) in [6.07, 6.45) is -3.43. The van der Waals surface area contributed by atoms with Gasteiger partial charge >= 0.3 is 6.18 Å². The summed E-state index contributed by atoms with van der Waals surface area (Å²) >= 11 is 1.57. The van der Waals surface area contributed by atoms with Gasteiger partial charge in [0, 0.05) is 17.9 Å². The number of carbonyl (C=O) groups is 2. The fraction of sp³-hybridized carbons (Fsp3) is 0.300. The number of amides is 2. The van der Waals surface area contributed by atoms with Crippen LogP contribution in [0, 0.1) is 0 Å². The Balaban J connectivity index is 1.55. The lowest BCUT2D eigenvalue weighted by Crippen LogP contribution is -2.48. The molecule has 2 aromatic rings. The molecule has 0 aliphatic carbocycles. The SMILES string of the molecule is O=C(Nc1ccc(C(F)(F)F)cc1)[C@H]1CS[C@]2(c3ccccc3)CCC(=O)N12. The van der Waals surface area contributed by atoms with E-state index >= 15 is 0 Å². The van der Waals surface area contributed by atoms with Crippen LogP contribution in [0.2, 0.25) is 0 Å². The van der Waals surface area contributed by atoms with Gasteiger partial charge in [-0.05, 0) is 36.2 Å². The number of nitrogens with zero attached hydrogens (tertiary/aromatic N) is 1. The molecule has 146 valence electrons. The van der Waals surface area contributed by atoms with Gasteiger partial charge in [-0.15, -0.1) is 11.8 Å². The Labute approximate surface area is 164 Å². The third-order valence-corrected chi connectivity index (χ3v) is 6.73. The third kappa shape index (κ3) is 3.15. The second kappa shape index (κ2) is 6.84. The Morgan fingerprint density at radius 2 is 1.79 bits per heavy atom. The average Bonchev–Trinajstić information content (AvgIpc) is 3.22. The maximum absolute atomic E-state index is 12.8. The van der Waals surface area contributed by atoms with E-state index in [-0.39, 0.29) is 17.5 Å². The minimum absolute atomic E-state index is 0.0820. The van der Waals surface area contributed by atoms with E-state index < -0.39 is 22.7 Å². The van der Waals surface area contributed by atoms with Gasteiger partial charge in [0.2, 0.25) is 11.8 Å². The van der Waals surface area contributed by atoms with Crippen LogP contribution in [-0.2, 0) is 20.6 Å². The monoisotopic (exact) mass is 406 g/mol. The highest BCUT2D eigenvalue weighted by atomic mass is 32.2. The molecule has 2 heterocycles. The summed E-state index contributed by atoms with van der Waals surface area (Å²) in [4.78, 5) is 26.5. The molecule has 0 spiro atoms. The molecule has 1 N–H and O–H groups in total. The van der Waals surface area contributed by atoms with E-state index in [1.807, 2.05) is 30.3 Å². The molecule has 2 amide bonds. The molecule has 4 rings (SSSR count). The van der Waals surface area contributed by atoms with Gasteiger partial charge < -0.3 is 10.2 Å². The molecule has 2 aliphatic heterocycles. The van der Waals surface area contributed by atoms with Crippen molar-refractivity contribution in [1.29, 1.82) is 0 Å². The molecule has 28 heavy (non-hydrogen) atoms. The van der Waals surface area contributed by atoms with Crippen LogP contribution in [0.3, 0.4) is 0 Å². The Morgan fingerprint density at radius 3 is 2.43 bits per heavy atom. The standard InChI is InChI=1S/C20H17F3N2O2S/c21-20(22,23)14-6-8-15(9-7-14)24-18(27)16-12-28-19(11-10-17(26)25(16)19)13-4-2-1-3-5-13/h1-9,16H,10-12H2,(H,24,27)/t16-,19+/m1/s1. The lowest BCUT2D eigenvalue weighted by molar-refractivity contribution is -0.137. The number of halogens is 3. The summed E-state index contributed by atoms with van der Waals surface area (Å²) in [7, 11) is 0. The Kier molecular flexibility index (Phi) is 4.61. The van der Waals surface area contributed by atoms with Crippen LogP contribution < -0.4 is 5.32 Å². The van der Waals surface area contributed by atoms with Crippen molar-refractivity contribution in [3.8, 4) is 0 Å². The molecule has 8 heteroatoms. The van der Waals surface area contributed by atoms with Crippen LogP contribution in [0.5, 0.6) is 0 Å². The van der Waals surface area contributed by atoms with Crippen LogP contribution in [0.15, 0.2) is 54.6 Å². The molecule has 0 radical (unpaired) electrons. The van der Waals surface area contributed by atoms with Crippen molar-refractivity contribution in [1.82, 2.24) is 4.90 Å². The van der Waals surface area contributed by atoms with Crippen molar-refractivity contribution in [3.05, 3.63) is 65.7 Å². The van der Waals surface area contributed by atoms with E-state index in [4.69, 9.17) is 0 Å². The van der Waals surface area contributed by atoms with Crippen molar-refractivity contribution in [2.24, 2.45) is 0 Å². The molecule has 0 aromatic heterocycles. The zero-order chi connectivity index (χ0) is 19.9. The summed E-state index contributed by atoms with van der Waals surface area (Å²) in [6.45, 7) is 0. The molecule has 0 bridgehead atoms. The van der Waals surface area contributed by atoms with Crippen molar-refractivity contribution >= 4 is 29.3 Å². The van der Waals surface area contributed by atoms with Crippen LogP contribution >= 0.6 is 11.8 Å². The number of thioether (sulfide) groups is 1. The van der Waals surface area contributed by atoms with Crippen LogP contribution in [0.25, 0.3) is 0 Å². The fourth-order valence-corrected chi connectivity index (χ4v) is 5.46. The molecule has 4 nitrogen and oxygen atoms in total. The van der Waals surface area contributed by atoms with E-state index in [0.29, 0.717) is 18.6 Å². The fourth-order valence-electron chi connectivity index (χ4n) is 3.80. The summed E-state index contributed by atoms with van der Waals surface area (Å²) in [5, 5.41) is 2.65. The van der Waals surface area contributed by atoms with Gasteiger partial charge in [0.15, 0.2) is 0 Å². The van der Waals surface area contributed by atoms with Crippen molar-refractivity contribution in [3.63, 3.8) is 0 Å². The third-order valence-electron chi connectivity index (χ3n) is 5.13. The normalized spacial score (nSPS) is 24.3. The highest BCUT2D eigenvalue weighted by Crippen LogP contribution is 2.54. The average molecular weight is 406 g/mol. The summed E-state index contributed by atoms with van der Waals surface area (Å²) in [5.74, 6) is -0.0330. The van der Waals surface area contributed by atoms with Gasteiger partial charge in [0.25, 0.3) is 0 Å². The molecule has 2 aromatic carbocycles. The maximum Gasteiger partial charge on any atom is 0.416 e. The van der Waals surface area contributed by atoms with Crippen molar-refractivity contribution in [2.75, 3.05) is 11.1 Å². The first-order valence-electron chi connectivity index (χ1n) is 8.81. The number of carbonyl (C=O) groups excluding carboxylic acids is 2. The molecule has 0 unspecified atom stereocenters. The Morgan fingerprint density at radius 1 is 1.11 bits per heavy atom. The molecular formula is C20H17F3N2O2S. The zero-order valence-corrected chi connectivity index (χ0v) is 15.5. The van der Waals surface area contributed by atoms with E-state index in [9.17, 15) is 22.8 Å². The van der Waals surface area contributed by atoms with Gasteiger partial charge in [0.1, 0.15) is 10.9 Å². The minimum Gasteiger partial charge on any atom is -0.324 e. The highest BCUT2D eigenvalue weighted by Gasteiger charge is 2.56. The summed E-state index contributed by atoms with van der Waals surface area (Å²) in [5.41, 5.74) is 0.474. The predicted molar refractivity (Wildman–Crippen MR) is 101 cm³/mol. The van der Waals surface area contributed by atoms with Gasteiger partial charge in [-0.3, -0.25) is 9.59 Å². The summed E-state index contributed by atoms with van der Waals surface area (Å²) < 4.78 is 38.1. The molecule has 2 saturated heterocycles. The number of fused-ring (bicyclic) bond motifs is 1. The van der Waals surface area contributed by atoms with E-state index in [1.54, 1.807) is 16.7 Å². The van der Waals surface area contributed by atoms with Crippen LogP contribution in [-0.4, -0.2) is 28.5 Å². The number of hydrogen-bond donors (Lipinski definition) is 1. The minimum atomic E-state index is -4.43. The first-order chi connectivity index (χ1) is 13.3. The molecular weight excluding hydrogens is 389 g/mol. The van der Waals surface area contributed by atoms with Gasteiger partial charge in [-0.25, -0.2) is 0 Å². The van der Waals surface area contributed by atoms with Crippen molar-refractivity contribution in [2.45, 2.75) is 29.9 Å². The number of anilines is 1.